The minimum Gasteiger partial charge on any atom is -0.480 e. The zero-order valence-corrected chi connectivity index (χ0v) is 15.3. The molecule has 5 nitrogen and oxygen atoms in total. The molecule has 1 aromatic rings. The van der Waals surface area contributed by atoms with E-state index >= 15 is 0 Å². The molecule has 26 heavy (non-hydrogen) atoms. The maximum absolute atomic E-state index is 12.7. The van der Waals surface area contributed by atoms with Gasteiger partial charge in [-0.2, -0.15) is 5.26 Å². The Bertz CT molecular complexity index is 856. The van der Waals surface area contributed by atoms with Crippen LogP contribution in [0.25, 0.3) is 0 Å². The Morgan fingerprint density at radius 3 is 2.88 bits per heavy atom. The quantitative estimate of drug-likeness (QED) is 0.900. The Kier molecular flexibility index (Phi) is 3.19. The molecule has 0 saturated heterocycles. The molecule has 2 fully saturated rings. The van der Waals surface area contributed by atoms with Gasteiger partial charge in [-0.15, -0.1) is 0 Å². The number of carbonyl (C=O) groups excluding carboxylic acids is 1. The van der Waals surface area contributed by atoms with E-state index in [1.54, 1.807) is 6.07 Å². The van der Waals surface area contributed by atoms with Crippen molar-refractivity contribution in [1.29, 1.82) is 5.26 Å². The number of nitrogens with zero attached hydrogens (tertiary/aromatic N) is 2. The molecule has 4 aliphatic rings. The van der Waals surface area contributed by atoms with Crippen LogP contribution in [0.2, 0.25) is 0 Å². The second kappa shape index (κ2) is 5.09. The van der Waals surface area contributed by atoms with Gasteiger partial charge in [-0.3, -0.25) is 9.69 Å². The average Bonchev–Trinajstić information content (AvgIpc) is 3.36. The molecule has 1 heterocycles. The van der Waals surface area contributed by atoms with Crippen molar-refractivity contribution in [3.05, 3.63) is 28.8 Å². The highest BCUT2D eigenvalue weighted by molar-refractivity contribution is 5.89. The number of nitriles is 1. The Labute approximate surface area is 153 Å². The number of Topliss-reactive ketones (excluding diaryl/α,β-unsaturated/α-hetero) is 1. The van der Waals surface area contributed by atoms with Gasteiger partial charge < -0.3 is 9.84 Å². The highest BCUT2D eigenvalue weighted by Gasteiger charge is 2.69. The fourth-order valence-electron chi connectivity index (χ4n) is 5.72. The van der Waals surface area contributed by atoms with Crippen LogP contribution in [-0.2, 0) is 16.6 Å². The van der Waals surface area contributed by atoms with E-state index in [0.29, 0.717) is 24.2 Å². The molecule has 136 valence electrons. The highest BCUT2D eigenvalue weighted by Crippen LogP contribution is 2.60. The van der Waals surface area contributed by atoms with Crippen LogP contribution in [0, 0.1) is 17.2 Å². The van der Waals surface area contributed by atoms with Gasteiger partial charge in [0.1, 0.15) is 11.8 Å². The summed E-state index contributed by atoms with van der Waals surface area (Å²) in [5.41, 5.74) is 0.644. The zero-order chi connectivity index (χ0) is 18.3. The lowest BCUT2D eigenvalue weighted by Gasteiger charge is -2.57. The lowest BCUT2D eigenvalue weighted by atomic mass is 9.52. The summed E-state index contributed by atoms with van der Waals surface area (Å²) in [5, 5.41) is 21.5. The van der Waals surface area contributed by atoms with Gasteiger partial charge in [-0.05, 0) is 57.2 Å². The molecule has 2 saturated carbocycles. The number of benzene rings is 1. The molecule has 0 amide bonds. The van der Waals surface area contributed by atoms with Crippen LogP contribution in [0.1, 0.15) is 49.3 Å². The molecule has 1 N–H and O–H groups in total. The molecule has 0 aromatic heterocycles. The maximum atomic E-state index is 12.7. The highest BCUT2D eigenvalue weighted by atomic mass is 16.5. The number of ether oxygens (including phenoxy) is 1. The summed E-state index contributed by atoms with van der Waals surface area (Å²) in [6.07, 6.45) is 3.36. The van der Waals surface area contributed by atoms with E-state index in [2.05, 4.69) is 18.0 Å². The first-order valence-corrected chi connectivity index (χ1v) is 9.58. The van der Waals surface area contributed by atoms with Crippen LogP contribution < -0.4 is 4.74 Å². The number of ketones is 1. The van der Waals surface area contributed by atoms with E-state index in [-0.39, 0.29) is 11.8 Å². The van der Waals surface area contributed by atoms with E-state index in [4.69, 9.17) is 4.74 Å². The summed E-state index contributed by atoms with van der Waals surface area (Å²) < 4.78 is 6.08. The fraction of sp³-hybridized carbons (Fsp3) is 0.619. The summed E-state index contributed by atoms with van der Waals surface area (Å²) in [7, 11) is 2.10. The van der Waals surface area contributed by atoms with Crippen molar-refractivity contribution in [3.8, 4) is 11.8 Å². The van der Waals surface area contributed by atoms with Crippen molar-refractivity contribution in [2.45, 2.75) is 62.2 Å². The van der Waals surface area contributed by atoms with Gasteiger partial charge in [0, 0.05) is 24.6 Å². The van der Waals surface area contributed by atoms with E-state index in [1.165, 1.54) is 12.8 Å². The number of hydrogen-bond donors (Lipinski definition) is 1. The van der Waals surface area contributed by atoms with Crippen LogP contribution >= 0.6 is 0 Å². The van der Waals surface area contributed by atoms with Gasteiger partial charge in [0.05, 0.1) is 16.6 Å². The van der Waals surface area contributed by atoms with E-state index in [1.807, 2.05) is 13.0 Å². The maximum Gasteiger partial charge on any atom is 0.174 e. The van der Waals surface area contributed by atoms with Crippen molar-refractivity contribution >= 4 is 5.78 Å². The summed E-state index contributed by atoms with van der Waals surface area (Å²) in [5.74, 6) is 1.29. The molecule has 5 rings (SSSR count). The van der Waals surface area contributed by atoms with Gasteiger partial charge in [-0.25, -0.2) is 0 Å². The zero-order valence-electron chi connectivity index (χ0n) is 15.3. The first kappa shape index (κ1) is 16.3. The van der Waals surface area contributed by atoms with Gasteiger partial charge in [-0.1, -0.05) is 6.07 Å². The molecule has 0 bridgehead atoms. The van der Waals surface area contributed by atoms with Gasteiger partial charge >= 0.3 is 0 Å². The Balaban J connectivity index is 1.70. The summed E-state index contributed by atoms with van der Waals surface area (Å²) in [6, 6.07) is 5.93. The van der Waals surface area contributed by atoms with Crippen molar-refractivity contribution in [2.75, 3.05) is 13.6 Å². The largest absolute Gasteiger partial charge is 0.480 e. The molecule has 0 radical (unpaired) electrons. The lowest BCUT2D eigenvalue weighted by molar-refractivity contribution is -0.164. The summed E-state index contributed by atoms with van der Waals surface area (Å²) >= 11 is 0. The molecule has 4 atom stereocenters. The van der Waals surface area contributed by atoms with Crippen molar-refractivity contribution in [2.24, 2.45) is 5.92 Å². The number of aliphatic hydroxyl groups is 1. The van der Waals surface area contributed by atoms with Crippen LogP contribution in [-0.4, -0.2) is 47.1 Å². The van der Waals surface area contributed by atoms with Crippen LogP contribution in [0.15, 0.2) is 12.1 Å². The third-order valence-electron chi connectivity index (χ3n) is 7.33. The van der Waals surface area contributed by atoms with E-state index < -0.39 is 17.1 Å². The van der Waals surface area contributed by atoms with E-state index in [0.717, 1.165) is 30.0 Å². The standard InChI is InChI=1S/C21H24N2O3/c1-20-17-13-5-6-14(10-22)18(17)26-19(20)15(24)7-8-21(20,25)16(9-13)23(2)11-12-3-4-12/h5-6,12,16,19,25H,3-4,7-9,11H2,1-2H3/t16-,19+,20?,21-/m1/s1. The van der Waals surface area contributed by atoms with Gasteiger partial charge in [0.15, 0.2) is 11.9 Å². The molecule has 1 aliphatic heterocycles. The van der Waals surface area contributed by atoms with Crippen molar-refractivity contribution < 1.29 is 14.6 Å². The smallest absolute Gasteiger partial charge is 0.174 e. The Morgan fingerprint density at radius 2 is 2.19 bits per heavy atom. The Morgan fingerprint density at radius 1 is 1.42 bits per heavy atom. The fourth-order valence-corrected chi connectivity index (χ4v) is 5.72. The SMILES string of the molecule is CN(CC1CC1)[C@@H]1Cc2ccc(C#N)c3c2C2(C)[C@@H](O3)C(=O)CC[C@@]12O. The first-order chi connectivity index (χ1) is 12.4. The van der Waals surface area contributed by atoms with Crippen molar-refractivity contribution in [1.82, 2.24) is 4.90 Å². The number of likely N-dealkylation sites (N-methyl/N-ethyl adjacent to an activating group) is 1. The second-order valence-electron chi connectivity index (χ2n) is 8.78. The number of rotatable bonds is 3. The minimum absolute atomic E-state index is 0.0358. The summed E-state index contributed by atoms with van der Waals surface area (Å²) in [4.78, 5) is 15.0. The molecule has 1 unspecified atom stereocenters. The van der Waals surface area contributed by atoms with Crippen LogP contribution in [0.5, 0.6) is 5.75 Å². The summed E-state index contributed by atoms with van der Waals surface area (Å²) in [6.45, 7) is 2.96. The Hall–Kier alpha value is -1.90. The molecule has 0 spiro atoms. The monoisotopic (exact) mass is 352 g/mol. The minimum atomic E-state index is -1.03. The molecular formula is C21H24N2O3. The lowest BCUT2D eigenvalue weighted by Crippen LogP contribution is -2.71. The first-order valence-electron chi connectivity index (χ1n) is 9.58. The molecular weight excluding hydrogens is 328 g/mol. The molecule has 3 aliphatic carbocycles. The van der Waals surface area contributed by atoms with Crippen LogP contribution in [0.3, 0.4) is 0 Å². The second-order valence-corrected chi connectivity index (χ2v) is 8.78. The predicted octanol–water partition coefficient (Wildman–Crippen LogP) is 1.94. The number of hydrogen-bond acceptors (Lipinski definition) is 5. The van der Waals surface area contributed by atoms with Crippen molar-refractivity contribution in [3.63, 3.8) is 0 Å². The van der Waals surface area contributed by atoms with Gasteiger partial charge in [0.25, 0.3) is 0 Å². The number of carbonyl (C=O) groups is 1. The van der Waals surface area contributed by atoms with E-state index in [9.17, 15) is 15.2 Å². The molecule has 1 aromatic carbocycles. The van der Waals surface area contributed by atoms with Crippen LogP contribution in [0.4, 0.5) is 0 Å². The molecule has 5 heteroatoms. The predicted molar refractivity (Wildman–Crippen MR) is 95.0 cm³/mol. The van der Waals surface area contributed by atoms with Gasteiger partial charge in [0.2, 0.25) is 0 Å². The topological polar surface area (TPSA) is 73.6 Å². The normalized spacial score (nSPS) is 37.3. The third kappa shape index (κ3) is 1.84. The average molecular weight is 352 g/mol. The third-order valence-corrected chi connectivity index (χ3v) is 7.33.